The summed E-state index contributed by atoms with van der Waals surface area (Å²) >= 11 is 5.31. The number of hydrogen-bond donors (Lipinski definition) is 3. The maximum Gasteiger partial charge on any atom is 0.262 e. The monoisotopic (exact) mass is 476 g/mol. The molecule has 1 aliphatic rings. The van der Waals surface area contributed by atoms with E-state index >= 15 is 0 Å². The molecule has 0 fully saturated rings. The molecule has 34 heavy (non-hydrogen) atoms. The molecule has 9 heteroatoms. The van der Waals surface area contributed by atoms with Crippen LogP contribution in [0.2, 0.25) is 0 Å². The quantitative estimate of drug-likeness (QED) is 0.454. The number of aromatic nitrogens is 2. The number of rotatable bonds is 7. The number of aromatic amines is 1. The molecule has 174 valence electrons. The van der Waals surface area contributed by atoms with E-state index in [1.807, 2.05) is 24.3 Å². The minimum atomic E-state index is -0.524. The van der Waals surface area contributed by atoms with Gasteiger partial charge >= 0.3 is 0 Å². The molecule has 8 nitrogen and oxygen atoms in total. The van der Waals surface area contributed by atoms with E-state index in [2.05, 4.69) is 15.3 Å². The molecule has 3 aromatic rings. The first kappa shape index (κ1) is 23.2. The van der Waals surface area contributed by atoms with E-state index in [-0.39, 0.29) is 22.1 Å². The van der Waals surface area contributed by atoms with Crippen LogP contribution >= 0.6 is 12.2 Å². The molecule has 1 aliphatic heterocycles. The van der Waals surface area contributed by atoms with E-state index in [1.165, 1.54) is 4.57 Å². The third kappa shape index (κ3) is 4.55. The molecular weight excluding hydrogens is 452 g/mol. The fraction of sp³-hybridized carbons (Fsp3) is 0.200. The Labute approximate surface area is 200 Å². The van der Waals surface area contributed by atoms with Gasteiger partial charge in [0.2, 0.25) is 11.8 Å². The summed E-state index contributed by atoms with van der Waals surface area (Å²) < 4.78 is 6.63. The summed E-state index contributed by atoms with van der Waals surface area (Å²) in [5.41, 5.74) is 1.50. The number of nitrogens with zero attached hydrogens (tertiary/aromatic N) is 2. The van der Waals surface area contributed by atoms with Crippen LogP contribution in [-0.2, 0) is 4.79 Å². The average Bonchev–Trinajstić information content (AvgIpc) is 3.19. The zero-order valence-electron chi connectivity index (χ0n) is 18.8. The summed E-state index contributed by atoms with van der Waals surface area (Å²) in [7, 11) is 1.56. The molecule has 0 saturated carbocycles. The molecule has 1 aromatic heterocycles. The minimum Gasteiger partial charge on any atom is -0.497 e. The van der Waals surface area contributed by atoms with Crippen LogP contribution in [0.5, 0.6) is 11.6 Å². The number of ether oxygens (including phenoxy) is 1. The van der Waals surface area contributed by atoms with Gasteiger partial charge in [-0.05, 0) is 60.6 Å². The molecule has 0 atom stereocenters. The van der Waals surface area contributed by atoms with Crippen molar-refractivity contribution in [2.45, 2.75) is 19.8 Å². The first-order valence-corrected chi connectivity index (χ1v) is 11.2. The number of hydrogen-bond acceptors (Lipinski definition) is 6. The number of H-pyrrole nitrogens is 1. The summed E-state index contributed by atoms with van der Waals surface area (Å²) in [6.07, 6.45) is 2.48. The maximum atomic E-state index is 12.8. The first-order valence-electron chi connectivity index (χ1n) is 10.8. The molecular formula is C25H24N4O4S. The molecule has 3 N–H and O–H groups in total. The summed E-state index contributed by atoms with van der Waals surface area (Å²) in [5, 5.41) is 15.6. The van der Waals surface area contributed by atoms with E-state index in [0.717, 1.165) is 16.1 Å². The number of carbonyl (C=O) groups is 1. The number of nitrogens with one attached hydrogen (secondary N) is 2. The van der Waals surface area contributed by atoms with Crippen molar-refractivity contribution in [1.82, 2.24) is 14.9 Å². The van der Waals surface area contributed by atoms with Crippen LogP contribution in [0.15, 0.2) is 64.0 Å². The van der Waals surface area contributed by atoms with Gasteiger partial charge in [-0.1, -0.05) is 25.1 Å². The van der Waals surface area contributed by atoms with Gasteiger partial charge in [0.15, 0.2) is 4.77 Å². The number of para-hydroxylation sites is 1. The Bertz CT molecular complexity index is 1520. The second-order valence-electron chi connectivity index (χ2n) is 7.62. The predicted molar refractivity (Wildman–Crippen MR) is 132 cm³/mol. The highest BCUT2D eigenvalue weighted by molar-refractivity contribution is 7.71. The molecule has 0 aliphatic carbocycles. The Kier molecular flexibility index (Phi) is 6.74. The Morgan fingerprint density at radius 1 is 1.24 bits per heavy atom. The van der Waals surface area contributed by atoms with Crippen molar-refractivity contribution in [2.75, 3.05) is 13.7 Å². The maximum absolute atomic E-state index is 12.8. The number of carbonyl (C=O) groups excluding carboxylic acids is 1. The smallest absolute Gasteiger partial charge is 0.262 e. The summed E-state index contributed by atoms with van der Waals surface area (Å²) in [4.78, 5) is 31.8. The molecule has 0 radical (unpaired) electrons. The predicted octanol–water partition coefficient (Wildman–Crippen LogP) is 2.35. The van der Waals surface area contributed by atoms with Crippen LogP contribution in [-0.4, -0.2) is 34.2 Å². The second kappa shape index (κ2) is 9.88. The fourth-order valence-electron chi connectivity index (χ4n) is 3.77. The zero-order valence-corrected chi connectivity index (χ0v) is 19.6. The van der Waals surface area contributed by atoms with Gasteiger partial charge in [0.1, 0.15) is 11.3 Å². The highest BCUT2D eigenvalue weighted by Crippen LogP contribution is 2.26. The normalized spacial score (nSPS) is 13.5. The lowest BCUT2D eigenvalue weighted by Gasteiger charge is -2.12. The Hall–Kier alpha value is -3.98. The van der Waals surface area contributed by atoms with Crippen LogP contribution in [0, 0.1) is 4.77 Å². The molecule has 4 rings (SSSR count). The lowest BCUT2D eigenvalue weighted by Crippen LogP contribution is -2.26. The molecule has 0 bridgehead atoms. The molecule has 0 spiro atoms. The lowest BCUT2D eigenvalue weighted by atomic mass is 10.1. The Morgan fingerprint density at radius 2 is 1.97 bits per heavy atom. The van der Waals surface area contributed by atoms with Gasteiger partial charge in [0, 0.05) is 18.2 Å². The van der Waals surface area contributed by atoms with Gasteiger partial charge in [-0.25, -0.2) is 4.99 Å². The van der Waals surface area contributed by atoms with Crippen molar-refractivity contribution in [1.29, 1.82) is 0 Å². The number of benzene rings is 2. The van der Waals surface area contributed by atoms with Crippen molar-refractivity contribution in [3.63, 3.8) is 0 Å². The van der Waals surface area contributed by atoms with Crippen LogP contribution in [0.1, 0.15) is 25.3 Å². The number of allylic oxidation sites excluding steroid dienone is 1. The SMILES string of the molecule is CCC(=O)NCCC1=c2ccccc2=N/C1=C\c1c(O)n(-c2ccc(OC)cc2)c(=S)[nH]c1=O. The second-order valence-corrected chi connectivity index (χ2v) is 8.01. The fourth-order valence-corrected chi connectivity index (χ4v) is 4.06. The van der Waals surface area contributed by atoms with Gasteiger partial charge in [-0.2, -0.15) is 0 Å². The van der Waals surface area contributed by atoms with Gasteiger partial charge in [0.25, 0.3) is 5.56 Å². The standard InChI is InChI=1S/C25H24N4O4S/c1-3-22(30)26-13-12-18-17-6-4-5-7-20(17)27-21(18)14-19-23(31)28-25(34)29(24(19)32)15-8-10-16(33-2)11-9-15/h4-11,14,32H,3,12-13H2,1-2H3,(H,26,30)(H,28,31,34)/b21-14-. The van der Waals surface area contributed by atoms with Crippen LogP contribution in [0.25, 0.3) is 17.3 Å². The molecule has 2 aromatic carbocycles. The van der Waals surface area contributed by atoms with Crippen molar-refractivity contribution in [2.24, 2.45) is 4.99 Å². The third-order valence-corrected chi connectivity index (χ3v) is 5.81. The molecule has 0 saturated heterocycles. The minimum absolute atomic E-state index is 0.0334. The largest absolute Gasteiger partial charge is 0.497 e. The summed E-state index contributed by atoms with van der Waals surface area (Å²) in [6.45, 7) is 2.23. The Morgan fingerprint density at radius 3 is 2.68 bits per heavy atom. The number of fused-ring (bicyclic) bond motifs is 1. The highest BCUT2D eigenvalue weighted by Gasteiger charge is 2.18. The van der Waals surface area contributed by atoms with E-state index < -0.39 is 5.56 Å². The van der Waals surface area contributed by atoms with Crippen LogP contribution < -0.4 is 26.2 Å². The molecule has 2 heterocycles. The summed E-state index contributed by atoms with van der Waals surface area (Å²) in [5.74, 6) is 0.319. The first-order chi connectivity index (χ1) is 16.4. The molecule has 1 amide bonds. The van der Waals surface area contributed by atoms with Crippen LogP contribution in [0.3, 0.4) is 0 Å². The van der Waals surface area contributed by atoms with Gasteiger partial charge in [-0.3, -0.25) is 19.1 Å². The number of amides is 1. The van der Waals surface area contributed by atoms with Crippen molar-refractivity contribution >= 4 is 29.8 Å². The van der Waals surface area contributed by atoms with Gasteiger partial charge in [0.05, 0.1) is 23.9 Å². The summed E-state index contributed by atoms with van der Waals surface area (Å²) in [6, 6.07) is 14.6. The zero-order chi connectivity index (χ0) is 24.2. The van der Waals surface area contributed by atoms with E-state index in [4.69, 9.17) is 17.0 Å². The van der Waals surface area contributed by atoms with E-state index in [1.54, 1.807) is 44.4 Å². The van der Waals surface area contributed by atoms with Gasteiger partial charge < -0.3 is 15.2 Å². The third-order valence-electron chi connectivity index (χ3n) is 5.53. The van der Waals surface area contributed by atoms with Crippen molar-refractivity contribution in [3.05, 3.63) is 85.5 Å². The van der Waals surface area contributed by atoms with Crippen LogP contribution in [0.4, 0.5) is 0 Å². The topological polar surface area (TPSA) is 109 Å². The lowest BCUT2D eigenvalue weighted by molar-refractivity contribution is -0.120. The average molecular weight is 477 g/mol. The number of aromatic hydroxyl groups is 1. The van der Waals surface area contributed by atoms with Crippen molar-refractivity contribution < 1.29 is 14.6 Å². The van der Waals surface area contributed by atoms with E-state index in [0.29, 0.717) is 36.5 Å². The van der Waals surface area contributed by atoms with Crippen molar-refractivity contribution in [3.8, 4) is 17.3 Å². The van der Waals surface area contributed by atoms with E-state index in [9.17, 15) is 14.7 Å². The van der Waals surface area contributed by atoms with Gasteiger partial charge in [-0.15, -0.1) is 0 Å². The highest BCUT2D eigenvalue weighted by atomic mass is 32.1. The number of methoxy groups -OCH3 is 1. The molecule has 0 unspecified atom stereocenters. The Balaban J connectivity index is 1.81.